The smallest absolute Gasteiger partial charge is 0.323 e. The molecule has 6 rings (SSSR count). The third kappa shape index (κ3) is 3.70. The number of aliphatic hydroxyl groups is 1. The lowest BCUT2D eigenvalue weighted by molar-refractivity contribution is 0.0994. The normalized spacial score (nSPS) is 15.9. The molecule has 0 saturated carbocycles. The highest BCUT2D eigenvalue weighted by Crippen LogP contribution is 2.43. The third-order valence-corrected chi connectivity index (χ3v) is 7.16. The summed E-state index contributed by atoms with van der Waals surface area (Å²) in [6.07, 6.45) is -0.443. The van der Waals surface area contributed by atoms with Crippen LogP contribution in [0.2, 0.25) is 0 Å². The molecular formula is C30H24N4O4. The number of Topliss-reactive ketones (excluding diaryl/α,β-unsaturated/α-hetero) is 1. The fourth-order valence-electron chi connectivity index (χ4n) is 5.46. The number of primary amides is 2. The Morgan fingerprint density at radius 2 is 1.29 bits per heavy atom. The minimum Gasteiger partial charge on any atom is -0.388 e. The Hall–Kier alpha value is -4.95. The van der Waals surface area contributed by atoms with E-state index in [0.29, 0.717) is 45.9 Å². The van der Waals surface area contributed by atoms with E-state index in [9.17, 15) is 19.5 Å². The van der Waals surface area contributed by atoms with E-state index in [2.05, 4.69) is 0 Å². The number of hydrogen-bond acceptors (Lipinski definition) is 4. The van der Waals surface area contributed by atoms with Crippen molar-refractivity contribution in [3.63, 3.8) is 0 Å². The van der Waals surface area contributed by atoms with Gasteiger partial charge in [-0.05, 0) is 64.7 Å². The Balaban J connectivity index is 1.46. The quantitative estimate of drug-likeness (QED) is 0.332. The number of ketones is 1. The molecule has 0 radical (unpaired) electrons. The van der Waals surface area contributed by atoms with Gasteiger partial charge in [0.1, 0.15) is 0 Å². The summed E-state index contributed by atoms with van der Waals surface area (Å²) in [5.74, 6) is -0.116. The zero-order chi connectivity index (χ0) is 26.6. The molecule has 0 bridgehead atoms. The largest absolute Gasteiger partial charge is 0.388 e. The number of nitrogens with two attached hydrogens (primary N) is 2. The third-order valence-electron chi connectivity index (χ3n) is 7.16. The van der Waals surface area contributed by atoms with Gasteiger partial charge < -0.3 is 16.6 Å². The molecule has 4 aromatic carbocycles. The Labute approximate surface area is 218 Å². The molecule has 0 aromatic heterocycles. The van der Waals surface area contributed by atoms with E-state index < -0.39 is 18.2 Å². The molecule has 38 heavy (non-hydrogen) atoms. The van der Waals surface area contributed by atoms with Gasteiger partial charge in [0.25, 0.3) is 0 Å². The molecule has 8 heteroatoms. The number of carbonyl (C=O) groups excluding carboxylic acids is 3. The molecule has 0 spiro atoms. The van der Waals surface area contributed by atoms with Crippen LogP contribution in [0.15, 0.2) is 84.9 Å². The van der Waals surface area contributed by atoms with Crippen LogP contribution in [0.25, 0.3) is 11.1 Å². The molecule has 2 aliphatic rings. The Bertz CT molecular complexity index is 1650. The van der Waals surface area contributed by atoms with E-state index in [1.54, 1.807) is 36.4 Å². The lowest BCUT2D eigenvalue weighted by Crippen LogP contribution is -2.32. The first-order chi connectivity index (χ1) is 18.3. The molecular weight excluding hydrogens is 480 g/mol. The van der Waals surface area contributed by atoms with Crippen molar-refractivity contribution in [2.75, 3.05) is 9.80 Å². The van der Waals surface area contributed by atoms with Gasteiger partial charge in [-0.2, -0.15) is 0 Å². The first-order valence-corrected chi connectivity index (χ1v) is 12.2. The van der Waals surface area contributed by atoms with E-state index in [4.69, 9.17) is 11.5 Å². The van der Waals surface area contributed by atoms with Crippen LogP contribution in [0, 0.1) is 0 Å². The Morgan fingerprint density at radius 1 is 0.711 bits per heavy atom. The lowest BCUT2D eigenvalue weighted by Gasteiger charge is -2.24. The lowest BCUT2D eigenvalue weighted by atomic mass is 9.94. The number of para-hydroxylation sites is 2. The van der Waals surface area contributed by atoms with E-state index in [0.717, 1.165) is 16.7 Å². The van der Waals surface area contributed by atoms with Crippen molar-refractivity contribution >= 4 is 40.6 Å². The van der Waals surface area contributed by atoms with Crippen molar-refractivity contribution in [1.82, 2.24) is 0 Å². The summed E-state index contributed by atoms with van der Waals surface area (Å²) in [5.41, 5.74) is 17.7. The summed E-state index contributed by atoms with van der Waals surface area (Å²) >= 11 is 0. The molecule has 8 nitrogen and oxygen atoms in total. The fraction of sp³-hybridized carbons (Fsp3) is 0.100. The summed E-state index contributed by atoms with van der Waals surface area (Å²) in [6.45, 7) is 0. The van der Waals surface area contributed by atoms with E-state index in [1.165, 1.54) is 9.80 Å². The minimum atomic E-state index is -0.863. The molecule has 0 fully saturated rings. The van der Waals surface area contributed by atoms with Crippen LogP contribution in [0.1, 0.15) is 33.2 Å². The number of aliphatic hydroxyl groups excluding tert-OH is 1. The van der Waals surface area contributed by atoms with Crippen molar-refractivity contribution < 1.29 is 19.5 Å². The van der Waals surface area contributed by atoms with Gasteiger partial charge in [0.2, 0.25) is 0 Å². The van der Waals surface area contributed by atoms with E-state index in [-0.39, 0.29) is 12.2 Å². The number of fused-ring (bicyclic) bond motifs is 4. The second-order valence-electron chi connectivity index (χ2n) is 9.43. The Morgan fingerprint density at radius 3 is 2.03 bits per heavy atom. The maximum absolute atomic E-state index is 13.1. The molecule has 1 atom stereocenters. The first kappa shape index (κ1) is 23.4. The summed E-state index contributed by atoms with van der Waals surface area (Å²) in [4.78, 5) is 40.8. The number of urea groups is 2. The standard InChI is InChI=1S/C30H24N4O4/c31-29(37)33-23-7-3-1-5-19(23)15-28(36)22-14-18(10-12-26(22)33)17-9-11-24-20(13-17)16-27(35)21-6-2-4-8-25(21)34(24)30(32)38/h1-14,28,36H,15-16H2,(H2,31,37)(H2,32,38). The van der Waals surface area contributed by atoms with Crippen molar-refractivity contribution in [2.24, 2.45) is 11.5 Å². The monoisotopic (exact) mass is 504 g/mol. The predicted octanol–water partition coefficient (Wildman–Crippen LogP) is 5.12. The molecule has 5 N–H and O–H groups in total. The fourth-order valence-corrected chi connectivity index (χ4v) is 5.46. The molecule has 2 heterocycles. The van der Waals surface area contributed by atoms with Gasteiger partial charge in [0.05, 0.1) is 28.9 Å². The number of hydrogen-bond donors (Lipinski definition) is 3. The number of carbonyl (C=O) groups is 3. The van der Waals surface area contributed by atoms with Crippen LogP contribution in [0.5, 0.6) is 0 Å². The zero-order valence-corrected chi connectivity index (χ0v) is 20.3. The number of rotatable bonds is 1. The number of amides is 4. The van der Waals surface area contributed by atoms with Gasteiger partial charge in [-0.1, -0.05) is 42.5 Å². The topological polar surface area (TPSA) is 130 Å². The van der Waals surface area contributed by atoms with Gasteiger partial charge in [-0.15, -0.1) is 0 Å². The SMILES string of the molecule is NC(=O)N1c2ccc(-c3ccc4c(c3)C(O)Cc3ccccc3N4C(N)=O)cc2CC(=O)c2ccccc21. The molecule has 0 aliphatic carbocycles. The van der Waals surface area contributed by atoms with Crippen LogP contribution in [-0.2, 0) is 12.8 Å². The average molecular weight is 505 g/mol. The summed E-state index contributed by atoms with van der Waals surface area (Å²) in [6, 6.07) is 23.9. The maximum atomic E-state index is 13.1. The van der Waals surface area contributed by atoms with Crippen molar-refractivity contribution in [2.45, 2.75) is 18.9 Å². The highest BCUT2D eigenvalue weighted by atomic mass is 16.3. The van der Waals surface area contributed by atoms with Gasteiger partial charge in [-0.3, -0.25) is 14.6 Å². The van der Waals surface area contributed by atoms with Gasteiger partial charge in [0, 0.05) is 24.0 Å². The van der Waals surface area contributed by atoms with Gasteiger partial charge >= 0.3 is 12.1 Å². The van der Waals surface area contributed by atoms with E-state index >= 15 is 0 Å². The van der Waals surface area contributed by atoms with Crippen LogP contribution < -0.4 is 21.3 Å². The zero-order valence-electron chi connectivity index (χ0n) is 20.3. The van der Waals surface area contributed by atoms with E-state index in [1.807, 2.05) is 48.5 Å². The summed E-state index contributed by atoms with van der Waals surface area (Å²) < 4.78 is 0. The van der Waals surface area contributed by atoms with Crippen molar-refractivity contribution in [3.05, 3.63) is 107 Å². The van der Waals surface area contributed by atoms with Crippen molar-refractivity contribution in [1.29, 1.82) is 0 Å². The summed E-state index contributed by atoms with van der Waals surface area (Å²) in [5, 5.41) is 11.1. The minimum absolute atomic E-state index is 0.0995. The van der Waals surface area contributed by atoms with Crippen LogP contribution in [0.4, 0.5) is 32.3 Å². The number of anilines is 4. The number of benzene rings is 4. The molecule has 0 saturated heterocycles. The molecule has 188 valence electrons. The van der Waals surface area contributed by atoms with Gasteiger partial charge in [-0.25, -0.2) is 9.59 Å². The Kier molecular flexibility index (Phi) is 5.47. The maximum Gasteiger partial charge on any atom is 0.323 e. The van der Waals surface area contributed by atoms with Crippen LogP contribution in [0.3, 0.4) is 0 Å². The first-order valence-electron chi connectivity index (χ1n) is 12.2. The van der Waals surface area contributed by atoms with Gasteiger partial charge in [0.15, 0.2) is 5.78 Å². The number of nitrogens with zero attached hydrogens (tertiary/aromatic N) is 2. The predicted molar refractivity (Wildman–Crippen MR) is 145 cm³/mol. The highest BCUT2D eigenvalue weighted by molar-refractivity contribution is 6.12. The molecule has 2 aliphatic heterocycles. The average Bonchev–Trinajstić information content (AvgIpc) is 3.11. The second-order valence-corrected chi connectivity index (χ2v) is 9.43. The molecule has 1 unspecified atom stereocenters. The summed E-state index contributed by atoms with van der Waals surface area (Å²) in [7, 11) is 0. The van der Waals surface area contributed by atoms with Crippen LogP contribution >= 0.6 is 0 Å². The molecule has 4 amide bonds. The molecule has 4 aromatic rings. The highest BCUT2D eigenvalue weighted by Gasteiger charge is 2.30. The second kappa shape index (κ2) is 8.86. The van der Waals surface area contributed by atoms with Crippen molar-refractivity contribution in [3.8, 4) is 11.1 Å². The van der Waals surface area contributed by atoms with Crippen LogP contribution in [-0.4, -0.2) is 23.0 Å².